The number of rotatable bonds is 11. The summed E-state index contributed by atoms with van der Waals surface area (Å²) in [5.41, 5.74) is 10.7. The zero-order valence-electron chi connectivity index (χ0n) is 21.8. The second-order valence-electron chi connectivity index (χ2n) is 8.58. The SMILES string of the molecule is CCC(=O)NC(C)C(=O)NC(C)C(N)=O.CCC(N)C=NC(C)C(=O)NC(C)C(=O)N1CCCC1. The Morgan fingerprint density at radius 3 is 1.91 bits per heavy atom. The van der Waals surface area contributed by atoms with E-state index in [-0.39, 0.29) is 23.8 Å². The first kappa shape index (κ1) is 32.0. The van der Waals surface area contributed by atoms with Crippen LogP contribution in [0.3, 0.4) is 0 Å². The molecule has 0 aromatic heterocycles. The number of primary amides is 1. The molecule has 1 heterocycles. The van der Waals surface area contributed by atoms with Crippen molar-refractivity contribution in [2.75, 3.05) is 13.1 Å². The van der Waals surface area contributed by atoms with Crippen molar-refractivity contribution in [3.05, 3.63) is 0 Å². The van der Waals surface area contributed by atoms with E-state index in [1.165, 1.54) is 13.8 Å². The van der Waals surface area contributed by atoms with Gasteiger partial charge in [0, 0.05) is 31.8 Å². The van der Waals surface area contributed by atoms with Crippen molar-refractivity contribution < 1.29 is 24.0 Å². The van der Waals surface area contributed by atoms with Crippen molar-refractivity contribution in [3.63, 3.8) is 0 Å². The van der Waals surface area contributed by atoms with Crippen molar-refractivity contribution in [1.29, 1.82) is 0 Å². The Morgan fingerprint density at radius 2 is 1.43 bits per heavy atom. The number of hydrogen-bond acceptors (Lipinski definition) is 7. The fraction of sp³-hybridized carbons (Fsp3) is 0.739. The van der Waals surface area contributed by atoms with Gasteiger partial charge in [0.15, 0.2) is 0 Å². The molecule has 5 unspecified atom stereocenters. The summed E-state index contributed by atoms with van der Waals surface area (Å²) in [5.74, 6) is -1.52. The lowest BCUT2D eigenvalue weighted by molar-refractivity contribution is -0.135. The second kappa shape index (κ2) is 16.6. The third-order valence-electron chi connectivity index (χ3n) is 5.38. The van der Waals surface area contributed by atoms with Crippen LogP contribution in [0.4, 0.5) is 0 Å². The van der Waals surface area contributed by atoms with Crippen LogP contribution in [-0.4, -0.2) is 83.9 Å². The molecular weight excluding hydrogens is 454 g/mol. The van der Waals surface area contributed by atoms with Gasteiger partial charge in [-0.25, -0.2) is 0 Å². The highest BCUT2D eigenvalue weighted by Crippen LogP contribution is 2.09. The fourth-order valence-corrected chi connectivity index (χ4v) is 2.84. The molecule has 1 rings (SSSR count). The van der Waals surface area contributed by atoms with Crippen LogP contribution in [0.5, 0.6) is 0 Å². The van der Waals surface area contributed by atoms with Gasteiger partial charge in [0.1, 0.15) is 24.2 Å². The highest BCUT2D eigenvalue weighted by molar-refractivity contribution is 5.91. The molecule has 12 nitrogen and oxygen atoms in total. The monoisotopic (exact) mass is 497 g/mol. The van der Waals surface area contributed by atoms with E-state index in [0.717, 1.165) is 32.4 Å². The zero-order valence-corrected chi connectivity index (χ0v) is 21.8. The Balaban J connectivity index is 0.000000691. The number of aliphatic imine (C=N–C) groups is 1. The number of nitrogens with two attached hydrogens (primary N) is 2. The van der Waals surface area contributed by atoms with E-state index >= 15 is 0 Å². The van der Waals surface area contributed by atoms with E-state index in [0.29, 0.717) is 6.42 Å². The lowest BCUT2D eigenvalue weighted by atomic mass is 10.2. The molecule has 1 fully saturated rings. The normalized spacial score (nSPS) is 17.3. The maximum atomic E-state index is 12.1. The molecule has 12 heteroatoms. The molecule has 1 saturated heterocycles. The van der Waals surface area contributed by atoms with E-state index in [9.17, 15) is 24.0 Å². The Morgan fingerprint density at radius 1 is 0.886 bits per heavy atom. The van der Waals surface area contributed by atoms with Crippen LogP contribution >= 0.6 is 0 Å². The molecule has 5 amide bonds. The molecule has 1 aliphatic heterocycles. The van der Waals surface area contributed by atoms with Gasteiger partial charge in [0.05, 0.1) is 0 Å². The highest BCUT2D eigenvalue weighted by atomic mass is 16.2. The summed E-state index contributed by atoms with van der Waals surface area (Å²) in [6.07, 6.45) is 4.77. The largest absolute Gasteiger partial charge is 0.368 e. The Labute approximate surface area is 208 Å². The van der Waals surface area contributed by atoms with Crippen LogP contribution in [0.1, 0.15) is 67.2 Å². The first-order valence-electron chi connectivity index (χ1n) is 12.1. The smallest absolute Gasteiger partial charge is 0.245 e. The molecule has 0 radical (unpaired) electrons. The Bertz CT molecular complexity index is 753. The predicted octanol–water partition coefficient (Wildman–Crippen LogP) is -0.799. The molecule has 0 saturated carbocycles. The van der Waals surface area contributed by atoms with Crippen LogP contribution in [-0.2, 0) is 24.0 Å². The molecule has 35 heavy (non-hydrogen) atoms. The summed E-state index contributed by atoms with van der Waals surface area (Å²) in [7, 11) is 0. The number of carbonyl (C=O) groups excluding carboxylic acids is 5. The molecule has 0 aromatic rings. The van der Waals surface area contributed by atoms with Crippen LogP contribution < -0.4 is 27.4 Å². The molecule has 0 aromatic carbocycles. The Hall–Kier alpha value is -3.02. The van der Waals surface area contributed by atoms with Crippen LogP contribution in [0.25, 0.3) is 0 Å². The molecule has 200 valence electrons. The Kier molecular flexibility index (Phi) is 15.1. The molecule has 0 bridgehead atoms. The first-order chi connectivity index (χ1) is 16.3. The molecule has 1 aliphatic rings. The molecular formula is C23H43N7O5. The lowest BCUT2D eigenvalue weighted by Gasteiger charge is -2.21. The zero-order chi connectivity index (χ0) is 27.1. The van der Waals surface area contributed by atoms with Crippen LogP contribution in [0, 0.1) is 0 Å². The third kappa shape index (κ3) is 12.9. The minimum Gasteiger partial charge on any atom is -0.368 e. The minimum atomic E-state index is -0.738. The first-order valence-corrected chi connectivity index (χ1v) is 12.1. The number of amides is 5. The van der Waals surface area contributed by atoms with Gasteiger partial charge in [-0.2, -0.15) is 0 Å². The summed E-state index contributed by atoms with van der Waals surface area (Å²) in [6, 6.07) is -2.56. The summed E-state index contributed by atoms with van der Waals surface area (Å²) in [6.45, 7) is 11.7. The maximum absolute atomic E-state index is 12.1. The summed E-state index contributed by atoms with van der Waals surface area (Å²) >= 11 is 0. The van der Waals surface area contributed by atoms with Gasteiger partial charge in [0.25, 0.3) is 0 Å². The van der Waals surface area contributed by atoms with E-state index in [1.54, 1.807) is 31.9 Å². The lowest BCUT2D eigenvalue weighted by Crippen LogP contribution is -2.50. The van der Waals surface area contributed by atoms with Gasteiger partial charge in [-0.05, 0) is 47.0 Å². The van der Waals surface area contributed by atoms with Crippen molar-refractivity contribution in [3.8, 4) is 0 Å². The number of hydrogen-bond donors (Lipinski definition) is 5. The highest BCUT2D eigenvalue weighted by Gasteiger charge is 2.25. The van der Waals surface area contributed by atoms with Crippen LogP contribution in [0.2, 0.25) is 0 Å². The van der Waals surface area contributed by atoms with E-state index in [1.807, 2.05) is 6.92 Å². The van der Waals surface area contributed by atoms with Crippen molar-refractivity contribution in [1.82, 2.24) is 20.9 Å². The van der Waals surface area contributed by atoms with E-state index in [2.05, 4.69) is 20.9 Å². The standard InChI is InChI=1S/C14H26N4O2.C9H17N3O3/c1-4-12(15)9-16-10(2)13(19)17-11(3)14(20)18-7-5-6-8-18;1-4-7(13)11-6(3)9(15)12-5(2)8(10)14/h9-12H,4-8,15H2,1-3H3,(H,17,19);5-6H,4H2,1-3H3,(H2,10,14)(H,11,13)(H,12,15). The van der Waals surface area contributed by atoms with Gasteiger partial charge in [-0.1, -0.05) is 13.8 Å². The average Bonchev–Trinajstić information content (AvgIpc) is 3.36. The molecule has 5 atom stereocenters. The number of carbonyl (C=O) groups is 5. The molecule has 7 N–H and O–H groups in total. The van der Waals surface area contributed by atoms with Crippen molar-refractivity contribution in [2.45, 2.75) is 97.4 Å². The van der Waals surface area contributed by atoms with Gasteiger partial charge in [-0.15, -0.1) is 0 Å². The molecule has 0 aliphatic carbocycles. The number of nitrogens with one attached hydrogen (secondary N) is 3. The maximum Gasteiger partial charge on any atom is 0.245 e. The number of likely N-dealkylation sites (tertiary alicyclic amines) is 1. The summed E-state index contributed by atoms with van der Waals surface area (Å²) in [4.78, 5) is 62.9. The van der Waals surface area contributed by atoms with Gasteiger partial charge >= 0.3 is 0 Å². The van der Waals surface area contributed by atoms with E-state index < -0.39 is 36.0 Å². The second-order valence-corrected chi connectivity index (χ2v) is 8.58. The quantitative estimate of drug-likeness (QED) is 0.232. The van der Waals surface area contributed by atoms with E-state index in [4.69, 9.17) is 11.5 Å². The van der Waals surface area contributed by atoms with Crippen LogP contribution in [0.15, 0.2) is 4.99 Å². The fourth-order valence-electron chi connectivity index (χ4n) is 2.84. The van der Waals surface area contributed by atoms with Crippen molar-refractivity contribution >= 4 is 35.8 Å². The predicted molar refractivity (Wildman–Crippen MR) is 134 cm³/mol. The van der Waals surface area contributed by atoms with Gasteiger partial charge in [-0.3, -0.25) is 29.0 Å². The summed E-state index contributed by atoms with van der Waals surface area (Å²) in [5, 5.41) is 7.56. The topological polar surface area (TPSA) is 189 Å². The van der Waals surface area contributed by atoms with Gasteiger partial charge < -0.3 is 32.3 Å². The third-order valence-corrected chi connectivity index (χ3v) is 5.38. The minimum absolute atomic E-state index is 0.0164. The number of nitrogens with zero attached hydrogens (tertiary/aromatic N) is 2. The molecule has 0 spiro atoms. The average molecular weight is 498 g/mol. The summed E-state index contributed by atoms with van der Waals surface area (Å²) < 4.78 is 0. The van der Waals surface area contributed by atoms with Gasteiger partial charge in [0.2, 0.25) is 29.5 Å². The van der Waals surface area contributed by atoms with Crippen molar-refractivity contribution in [2.24, 2.45) is 16.5 Å².